The summed E-state index contributed by atoms with van der Waals surface area (Å²) >= 11 is 3.34. The van der Waals surface area contributed by atoms with Gasteiger partial charge in [0, 0.05) is 24.0 Å². The molecule has 2 rings (SSSR count). The van der Waals surface area contributed by atoms with E-state index in [9.17, 15) is 4.79 Å². The summed E-state index contributed by atoms with van der Waals surface area (Å²) in [7, 11) is 0. The van der Waals surface area contributed by atoms with Crippen molar-refractivity contribution in [1.29, 1.82) is 0 Å². The highest BCUT2D eigenvalue weighted by atomic mass is 79.9. The first-order chi connectivity index (χ1) is 8.56. The number of halogens is 1. The van der Waals surface area contributed by atoms with E-state index in [1.807, 2.05) is 0 Å². The zero-order valence-electron chi connectivity index (χ0n) is 9.26. The summed E-state index contributed by atoms with van der Waals surface area (Å²) in [4.78, 5) is 14.9. The van der Waals surface area contributed by atoms with E-state index in [1.54, 1.807) is 30.3 Å². The molecule has 2 aromatic rings. The average molecular weight is 308 g/mol. The summed E-state index contributed by atoms with van der Waals surface area (Å²) in [5.41, 5.74) is 11.7. The summed E-state index contributed by atoms with van der Waals surface area (Å²) in [6.45, 7) is 0. The second-order valence-electron chi connectivity index (χ2n) is 3.54. The fourth-order valence-electron chi connectivity index (χ4n) is 1.30. The lowest BCUT2D eigenvalue weighted by Gasteiger charge is -2.07. The van der Waals surface area contributed by atoms with Gasteiger partial charge in [-0.2, -0.15) is 0 Å². The number of nitrogens with zero attached hydrogens (tertiary/aromatic N) is 1. The molecule has 0 fully saturated rings. The van der Waals surface area contributed by atoms with Gasteiger partial charge in [0.25, 0.3) is 0 Å². The van der Waals surface area contributed by atoms with Gasteiger partial charge in [-0.3, -0.25) is 4.79 Å². The maximum Gasteiger partial charge on any atom is 0.250 e. The van der Waals surface area contributed by atoms with Crippen LogP contribution in [0, 0.1) is 0 Å². The van der Waals surface area contributed by atoms with Crippen molar-refractivity contribution in [2.24, 2.45) is 5.73 Å². The maximum atomic E-state index is 10.9. The zero-order chi connectivity index (χ0) is 13.1. The van der Waals surface area contributed by atoms with E-state index < -0.39 is 5.91 Å². The van der Waals surface area contributed by atoms with E-state index in [0.29, 0.717) is 22.9 Å². The molecule has 18 heavy (non-hydrogen) atoms. The topological polar surface area (TPSA) is 91.2 Å². The minimum absolute atomic E-state index is 0.328. The van der Waals surface area contributed by atoms with Crippen molar-refractivity contribution < 1.29 is 9.53 Å². The van der Waals surface area contributed by atoms with Crippen molar-refractivity contribution >= 4 is 27.5 Å². The Labute approximate surface area is 112 Å². The molecule has 0 unspecified atom stereocenters. The predicted molar refractivity (Wildman–Crippen MR) is 71.4 cm³/mol. The van der Waals surface area contributed by atoms with Gasteiger partial charge >= 0.3 is 0 Å². The summed E-state index contributed by atoms with van der Waals surface area (Å²) in [6, 6.07) is 8.32. The monoisotopic (exact) mass is 307 g/mol. The van der Waals surface area contributed by atoms with Crippen LogP contribution in [0.3, 0.4) is 0 Å². The molecule has 92 valence electrons. The molecule has 0 atom stereocenters. The Hall–Kier alpha value is -2.08. The Balaban J connectivity index is 2.23. The van der Waals surface area contributed by atoms with Crippen molar-refractivity contribution in [1.82, 2.24) is 4.98 Å². The highest BCUT2D eigenvalue weighted by molar-refractivity contribution is 9.10. The summed E-state index contributed by atoms with van der Waals surface area (Å²) in [6.07, 6.45) is 1.36. The first-order valence-electron chi connectivity index (χ1n) is 5.05. The zero-order valence-corrected chi connectivity index (χ0v) is 10.8. The highest BCUT2D eigenvalue weighted by Gasteiger charge is 2.06. The Bertz CT molecular complexity index is 584. The van der Waals surface area contributed by atoms with Crippen LogP contribution in [0.5, 0.6) is 11.6 Å². The Morgan fingerprint density at radius 3 is 2.67 bits per heavy atom. The Morgan fingerprint density at radius 2 is 2.06 bits per heavy atom. The minimum Gasteiger partial charge on any atom is -0.438 e. The van der Waals surface area contributed by atoms with Gasteiger partial charge in [0.2, 0.25) is 11.8 Å². The lowest BCUT2D eigenvalue weighted by molar-refractivity contribution is 0.1000. The van der Waals surface area contributed by atoms with Gasteiger partial charge in [0.1, 0.15) is 5.75 Å². The van der Waals surface area contributed by atoms with Gasteiger partial charge in [-0.05, 0) is 34.1 Å². The van der Waals surface area contributed by atoms with Gasteiger partial charge in [0.15, 0.2) is 0 Å². The van der Waals surface area contributed by atoms with E-state index in [2.05, 4.69) is 20.9 Å². The lowest BCUT2D eigenvalue weighted by Crippen LogP contribution is -2.10. The van der Waals surface area contributed by atoms with Crippen LogP contribution in [0.1, 0.15) is 10.4 Å². The summed E-state index contributed by atoms with van der Waals surface area (Å²) in [5, 5.41) is 0. The van der Waals surface area contributed by atoms with Crippen LogP contribution < -0.4 is 16.2 Å². The molecule has 0 aliphatic heterocycles. The quantitative estimate of drug-likeness (QED) is 0.851. The first kappa shape index (κ1) is 12.4. The molecule has 0 spiro atoms. The smallest absolute Gasteiger partial charge is 0.250 e. The molecular formula is C12H10BrN3O2. The number of nitrogen functional groups attached to an aromatic ring is 1. The van der Waals surface area contributed by atoms with Gasteiger partial charge in [-0.15, -0.1) is 0 Å². The van der Waals surface area contributed by atoms with Crippen LogP contribution in [-0.2, 0) is 0 Å². The molecule has 0 bridgehead atoms. The van der Waals surface area contributed by atoms with Gasteiger partial charge in [-0.25, -0.2) is 4.98 Å². The van der Waals surface area contributed by atoms with Gasteiger partial charge in [0.05, 0.1) is 10.0 Å². The molecule has 1 aromatic heterocycles. The van der Waals surface area contributed by atoms with Crippen LogP contribution in [0.25, 0.3) is 0 Å². The number of benzene rings is 1. The normalized spacial score (nSPS) is 10.1. The van der Waals surface area contributed by atoms with E-state index in [-0.39, 0.29) is 0 Å². The third-order valence-electron chi connectivity index (χ3n) is 2.19. The number of rotatable bonds is 3. The fourth-order valence-corrected chi connectivity index (χ4v) is 1.62. The molecule has 1 amide bonds. The first-order valence-corrected chi connectivity index (χ1v) is 5.84. The molecule has 4 N–H and O–H groups in total. The standard InChI is InChI=1S/C12H10BrN3O2/c13-9-3-2-8(14)5-10(9)18-11-4-1-7(6-16-11)12(15)17/h1-6H,14H2,(H2,15,17). The number of nitrogens with two attached hydrogens (primary N) is 2. The molecule has 5 nitrogen and oxygen atoms in total. The molecule has 0 saturated carbocycles. The average Bonchev–Trinajstić information content (AvgIpc) is 2.34. The van der Waals surface area contributed by atoms with Crippen LogP contribution in [0.2, 0.25) is 0 Å². The number of pyridine rings is 1. The number of hydrogen-bond acceptors (Lipinski definition) is 4. The van der Waals surface area contributed by atoms with Crippen LogP contribution in [-0.4, -0.2) is 10.9 Å². The molecule has 1 aromatic carbocycles. The van der Waals surface area contributed by atoms with E-state index >= 15 is 0 Å². The highest BCUT2D eigenvalue weighted by Crippen LogP contribution is 2.30. The molecule has 0 aliphatic rings. The third kappa shape index (κ3) is 2.78. The number of hydrogen-bond donors (Lipinski definition) is 2. The van der Waals surface area contributed by atoms with Crippen LogP contribution >= 0.6 is 15.9 Å². The number of ether oxygens (including phenoxy) is 1. The second kappa shape index (κ2) is 5.05. The number of amides is 1. The fraction of sp³-hybridized carbons (Fsp3) is 0. The van der Waals surface area contributed by atoms with Crippen molar-refractivity contribution in [3.63, 3.8) is 0 Å². The molecule has 0 saturated heterocycles. The van der Waals surface area contributed by atoms with Crippen molar-refractivity contribution in [3.05, 3.63) is 46.6 Å². The lowest BCUT2D eigenvalue weighted by atomic mass is 10.3. The molecule has 0 aliphatic carbocycles. The number of carbonyl (C=O) groups excluding carboxylic acids is 1. The third-order valence-corrected chi connectivity index (χ3v) is 2.85. The van der Waals surface area contributed by atoms with Crippen LogP contribution in [0.15, 0.2) is 41.0 Å². The van der Waals surface area contributed by atoms with E-state index in [1.165, 1.54) is 6.20 Å². The predicted octanol–water partition coefficient (Wildman–Crippen LogP) is 2.32. The molecule has 6 heteroatoms. The maximum absolute atomic E-state index is 10.9. The number of primary amides is 1. The molecule has 0 radical (unpaired) electrons. The van der Waals surface area contributed by atoms with Gasteiger partial charge in [-0.1, -0.05) is 0 Å². The number of anilines is 1. The van der Waals surface area contributed by atoms with Gasteiger partial charge < -0.3 is 16.2 Å². The number of carbonyl (C=O) groups is 1. The summed E-state index contributed by atoms with van der Waals surface area (Å²) < 4.78 is 6.30. The van der Waals surface area contributed by atoms with E-state index in [4.69, 9.17) is 16.2 Å². The van der Waals surface area contributed by atoms with Crippen LogP contribution in [0.4, 0.5) is 5.69 Å². The largest absolute Gasteiger partial charge is 0.438 e. The Morgan fingerprint density at radius 1 is 1.28 bits per heavy atom. The molecule has 1 heterocycles. The van der Waals surface area contributed by atoms with Crippen molar-refractivity contribution in [2.75, 3.05) is 5.73 Å². The van der Waals surface area contributed by atoms with Crippen molar-refractivity contribution in [3.8, 4) is 11.6 Å². The van der Waals surface area contributed by atoms with Crippen molar-refractivity contribution in [2.45, 2.75) is 0 Å². The SMILES string of the molecule is NC(=O)c1ccc(Oc2cc(N)ccc2Br)nc1. The molecular weight excluding hydrogens is 298 g/mol. The Kier molecular flexibility index (Phi) is 3.47. The summed E-state index contributed by atoms with van der Waals surface area (Å²) in [5.74, 6) is 0.375. The minimum atomic E-state index is -0.529. The second-order valence-corrected chi connectivity index (χ2v) is 4.40. The number of aromatic nitrogens is 1. The van der Waals surface area contributed by atoms with E-state index in [0.717, 1.165) is 4.47 Å².